The highest BCUT2D eigenvalue weighted by atomic mass is 16.5. The molecule has 202 valence electrons. The number of ether oxygens (including phenoxy) is 2. The zero-order chi connectivity index (χ0) is 27.2. The van der Waals surface area contributed by atoms with Crippen molar-refractivity contribution in [2.75, 3.05) is 19.1 Å². The van der Waals surface area contributed by atoms with Gasteiger partial charge >= 0.3 is 0 Å². The smallest absolute Gasteiger partial charge is 0.248 e. The van der Waals surface area contributed by atoms with Gasteiger partial charge in [-0.05, 0) is 66.4 Å². The zero-order valence-electron chi connectivity index (χ0n) is 22.5. The van der Waals surface area contributed by atoms with Crippen LogP contribution in [0.5, 0.6) is 11.5 Å². The summed E-state index contributed by atoms with van der Waals surface area (Å²) in [5, 5.41) is 4.26. The van der Waals surface area contributed by atoms with Gasteiger partial charge in [0.25, 0.3) is 0 Å². The number of amides is 2. The van der Waals surface area contributed by atoms with Gasteiger partial charge in [0.1, 0.15) is 17.5 Å². The fourth-order valence-electron chi connectivity index (χ4n) is 5.44. The van der Waals surface area contributed by atoms with Crippen LogP contribution in [0.25, 0.3) is 10.9 Å². The summed E-state index contributed by atoms with van der Waals surface area (Å²) in [6.07, 6.45) is 7.30. The fourth-order valence-corrected chi connectivity index (χ4v) is 5.44. The molecule has 3 aromatic carbocycles. The SMILES string of the molecule is COc1ccc([C@H](C(=O)NC2CCCCC2)N(C(=O)Cc2c[nH]c3ccccc23)c2ccc(OC)cc2)cc1. The lowest BCUT2D eigenvalue weighted by Crippen LogP contribution is -2.47. The van der Waals surface area contributed by atoms with E-state index in [1.54, 1.807) is 19.1 Å². The van der Waals surface area contributed by atoms with E-state index in [0.717, 1.165) is 42.1 Å². The van der Waals surface area contributed by atoms with Crippen LogP contribution in [0.15, 0.2) is 79.0 Å². The predicted octanol–water partition coefficient (Wildman–Crippen LogP) is 5.95. The monoisotopic (exact) mass is 525 g/mol. The Balaban J connectivity index is 1.56. The average molecular weight is 526 g/mol. The third-order valence-electron chi connectivity index (χ3n) is 7.53. The summed E-state index contributed by atoms with van der Waals surface area (Å²) >= 11 is 0. The van der Waals surface area contributed by atoms with Gasteiger partial charge in [-0.15, -0.1) is 0 Å². The Bertz CT molecular complexity index is 1410. The number of hydrogen-bond donors (Lipinski definition) is 2. The molecule has 2 amide bonds. The summed E-state index contributed by atoms with van der Waals surface area (Å²) in [7, 11) is 3.21. The van der Waals surface area contributed by atoms with E-state index >= 15 is 0 Å². The number of H-pyrrole nitrogens is 1. The number of hydrogen-bond acceptors (Lipinski definition) is 4. The van der Waals surface area contributed by atoms with E-state index in [1.165, 1.54) is 6.42 Å². The lowest BCUT2D eigenvalue weighted by Gasteiger charge is -2.33. The van der Waals surface area contributed by atoms with Crippen molar-refractivity contribution in [2.24, 2.45) is 0 Å². The molecule has 1 fully saturated rings. The summed E-state index contributed by atoms with van der Waals surface area (Å²) in [5.41, 5.74) is 3.20. The van der Waals surface area contributed by atoms with Crippen LogP contribution in [0, 0.1) is 0 Å². The van der Waals surface area contributed by atoms with Crippen molar-refractivity contribution in [3.8, 4) is 11.5 Å². The molecule has 4 aromatic rings. The van der Waals surface area contributed by atoms with E-state index < -0.39 is 6.04 Å². The molecule has 1 aliphatic rings. The zero-order valence-corrected chi connectivity index (χ0v) is 22.5. The molecule has 1 atom stereocenters. The number of nitrogens with zero attached hydrogens (tertiary/aromatic N) is 1. The lowest BCUT2D eigenvalue weighted by atomic mass is 9.94. The number of carbonyl (C=O) groups is 2. The quantitative estimate of drug-likeness (QED) is 0.283. The molecular formula is C32H35N3O4. The molecule has 1 aromatic heterocycles. The molecule has 1 saturated carbocycles. The largest absolute Gasteiger partial charge is 0.497 e. The van der Waals surface area contributed by atoms with Crippen molar-refractivity contribution in [1.82, 2.24) is 10.3 Å². The fraction of sp³-hybridized carbons (Fsp3) is 0.312. The van der Waals surface area contributed by atoms with Crippen LogP contribution < -0.4 is 19.7 Å². The molecule has 0 spiro atoms. The maximum absolute atomic E-state index is 14.2. The molecule has 1 heterocycles. The maximum Gasteiger partial charge on any atom is 0.248 e. The number of para-hydroxylation sites is 1. The van der Waals surface area contributed by atoms with Gasteiger partial charge in [-0.3, -0.25) is 14.5 Å². The highest BCUT2D eigenvalue weighted by Crippen LogP contribution is 2.32. The van der Waals surface area contributed by atoms with Crippen LogP contribution in [0.2, 0.25) is 0 Å². The minimum atomic E-state index is -0.857. The molecular weight excluding hydrogens is 490 g/mol. The molecule has 5 rings (SSSR count). The molecule has 0 radical (unpaired) electrons. The van der Waals surface area contributed by atoms with E-state index in [2.05, 4.69) is 10.3 Å². The van der Waals surface area contributed by atoms with Crippen molar-refractivity contribution >= 4 is 28.4 Å². The van der Waals surface area contributed by atoms with Crippen molar-refractivity contribution in [3.63, 3.8) is 0 Å². The van der Waals surface area contributed by atoms with Crippen molar-refractivity contribution in [2.45, 2.75) is 50.6 Å². The molecule has 39 heavy (non-hydrogen) atoms. The van der Waals surface area contributed by atoms with E-state index in [1.807, 2.05) is 79.0 Å². The van der Waals surface area contributed by atoms with Gasteiger partial charge in [0.05, 0.1) is 20.6 Å². The molecule has 0 bridgehead atoms. The minimum absolute atomic E-state index is 0.105. The van der Waals surface area contributed by atoms with Crippen LogP contribution in [-0.4, -0.2) is 37.1 Å². The molecule has 1 aliphatic carbocycles. The van der Waals surface area contributed by atoms with Crippen molar-refractivity contribution in [1.29, 1.82) is 0 Å². The average Bonchev–Trinajstić information content (AvgIpc) is 3.39. The third kappa shape index (κ3) is 5.93. The van der Waals surface area contributed by atoms with Crippen molar-refractivity contribution in [3.05, 3.63) is 90.1 Å². The Kier molecular flexibility index (Phi) is 8.16. The van der Waals surface area contributed by atoms with E-state index in [0.29, 0.717) is 22.7 Å². The summed E-state index contributed by atoms with van der Waals surface area (Å²) in [6, 6.07) is 21.8. The molecule has 2 N–H and O–H groups in total. The van der Waals surface area contributed by atoms with Crippen LogP contribution >= 0.6 is 0 Å². The van der Waals surface area contributed by atoms with Gasteiger partial charge < -0.3 is 19.8 Å². The number of carbonyl (C=O) groups excluding carboxylic acids is 2. The van der Waals surface area contributed by atoms with Gasteiger partial charge in [-0.25, -0.2) is 0 Å². The summed E-state index contributed by atoms with van der Waals surface area (Å²) in [5.74, 6) is 1.00. The van der Waals surface area contributed by atoms with Crippen LogP contribution in [0.1, 0.15) is 49.3 Å². The van der Waals surface area contributed by atoms with Gasteiger partial charge in [0.15, 0.2) is 0 Å². The lowest BCUT2D eigenvalue weighted by molar-refractivity contribution is -0.127. The second-order valence-electron chi connectivity index (χ2n) is 10.0. The Morgan fingerprint density at radius 3 is 2.21 bits per heavy atom. The first-order valence-corrected chi connectivity index (χ1v) is 13.5. The number of aromatic amines is 1. The Morgan fingerprint density at radius 1 is 0.897 bits per heavy atom. The number of rotatable bonds is 9. The Morgan fingerprint density at radius 2 is 1.54 bits per heavy atom. The van der Waals surface area contributed by atoms with E-state index in [9.17, 15) is 9.59 Å². The first-order valence-electron chi connectivity index (χ1n) is 13.5. The standard InChI is InChI=1S/C32H35N3O4/c1-38-26-16-12-22(13-17-26)31(32(37)34-24-8-4-3-5-9-24)35(25-14-18-27(39-2)19-15-25)30(36)20-23-21-33-29-11-7-6-10-28(23)29/h6-7,10-19,21,24,31,33H,3-5,8-9,20H2,1-2H3,(H,34,37)/t31-/m1/s1. The summed E-state index contributed by atoms with van der Waals surface area (Å²) in [6.45, 7) is 0. The summed E-state index contributed by atoms with van der Waals surface area (Å²) in [4.78, 5) is 33.2. The number of nitrogens with one attached hydrogen (secondary N) is 2. The highest BCUT2D eigenvalue weighted by Gasteiger charge is 2.34. The van der Waals surface area contributed by atoms with Gasteiger partial charge in [-0.1, -0.05) is 49.6 Å². The van der Waals surface area contributed by atoms with Crippen LogP contribution in [-0.2, 0) is 16.0 Å². The third-order valence-corrected chi connectivity index (χ3v) is 7.53. The Labute approximate surface area is 229 Å². The summed E-state index contributed by atoms with van der Waals surface area (Å²) < 4.78 is 10.7. The predicted molar refractivity (Wildman–Crippen MR) is 153 cm³/mol. The first-order chi connectivity index (χ1) is 19.1. The number of benzene rings is 3. The van der Waals surface area contributed by atoms with Crippen LogP contribution in [0.4, 0.5) is 5.69 Å². The van der Waals surface area contributed by atoms with E-state index in [-0.39, 0.29) is 24.3 Å². The molecule has 0 unspecified atom stereocenters. The second kappa shape index (κ2) is 12.1. The van der Waals surface area contributed by atoms with Gasteiger partial charge in [0, 0.05) is 28.8 Å². The molecule has 7 heteroatoms. The molecule has 0 aliphatic heterocycles. The normalized spacial score (nSPS) is 14.5. The second-order valence-corrected chi connectivity index (χ2v) is 10.0. The molecule has 0 saturated heterocycles. The number of methoxy groups -OCH3 is 2. The van der Waals surface area contributed by atoms with Gasteiger partial charge in [-0.2, -0.15) is 0 Å². The maximum atomic E-state index is 14.2. The highest BCUT2D eigenvalue weighted by molar-refractivity contribution is 6.03. The topological polar surface area (TPSA) is 83.7 Å². The van der Waals surface area contributed by atoms with E-state index in [4.69, 9.17) is 9.47 Å². The number of fused-ring (bicyclic) bond motifs is 1. The number of aromatic nitrogens is 1. The van der Waals surface area contributed by atoms with Crippen LogP contribution in [0.3, 0.4) is 0 Å². The first kappa shape index (κ1) is 26.4. The number of anilines is 1. The Hall–Kier alpha value is -4.26. The minimum Gasteiger partial charge on any atom is -0.497 e. The van der Waals surface area contributed by atoms with Gasteiger partial charge in [0.2, 0.25) is 11.8 Å². The molecule has 7 nitrogen and oxygen atoms in total. The van der Waals surface area contributed by atoms with Crippen molar-refractivity contribution < 1.29 is 19.1 Å².